The molecule has 8 nitrogen and oxygen atoms in total. The lowest BCUT2D eigenvalue weighted by Gasteiger charge is -2.24. The highest BCUT2D eigenvalue weighted by Crippen LogP contribution is 2.51. The number of rotatable bonds is 9. The average molecular weight is 560 g/mol. The first-order valence-corrected chi connectivity index (χ1v) is 13.4. The second-order valence-corrected chi connectivity index (χ2v) is 10.5. The van der Waals surface area contributed by atoms with E-state index in [0.29, 0.717) is 12.8 Å². The second-order valence-electron chi connectivity index (χ2n) is 10.5. The zero-order valence-corrected chi connectivity index (χ0v) is 22.0. The minimum absolute atomic E-state index is 0.0193. The number of ether oxygens (including phenoxy) is 1. The third kappa shape index (κ3) is 5.01. The number of carboxylic acids is 1. The number of nitrogens with zero attached hydrogens (tertiary/aromatic N) is 1. The summed E-state index contributed by atoms with van der Waals surface area (Å²) in [5, 5.41) is 15.0. The van der Waals surface area contributed by atoms with Gasteiger partial charge in [0.15, 0.2) is 11.6 Å². The Morgan fingerprint density at radius 2 is 1.61 bits per heavy atom. The number of nitrogens with one attached hydrogen (secondary N) is 2. The van der Waals surface area contributed by atoms with Crippen molar-refractivity contribution >= 4 is 28.7 Å². The molecule has 3 N–H and O–H groups in total. The molecule has 0 unspecified atom stereocenters. The fraction of sp³-hybridized carbons (Fsp3) is 0.258. The molecule has 41 heavy (non-hydrogen) atoms. The molecule has 2 aliphatic rings. The van der Waals surface area contributed by atoms with Crippen LogP contribution in [0.4, 0.5) is 19.3 Å². The number of aromatic carboxylic acids is 1. The number of anilines is 1. The molecule has 6 rings (SSSR count). The molecule has 2 fully saturated rings. The van der Waals surface area contributed by atoms with Gasteiger partial charge in [-0.3, -0.25) is 4.79 Å². The van der Waals surface area contributed by atoms with Gasteiger partial charge in [-0.2, -0.15) is 0 Å². The summed E-state index contributed by atoms with van der Waals surface area (Å²) >= 11 is 0. The lowest BCUT2D eigenvalue weighted by atomic mass is 9.97. The summed E-state index contributed by atoms with van der Waals surface area (Å²) in [5.74, 6) is -3.52. The van der Waals surface area contributed by atoms with E-state index in [1.165, 1.54) is 4.57 Å². The molecular formula is C31H27F2N3O5. The van der Waals surface area contributed by atoms with E-state index in [1.807, 2.05) is 12.1 Å². The first kappa shape index (κ1) is 26.5. The minimum Gasteiger partial charge on any atom is -0.477 e. The van der Waals surface area contributed by atoms with Gasteiger partial charge in [-0.15, -0.1) is 0 Å². The van der Waals surface area contributed by atoms with Gasteiger partial charge >= 0.3 is 12.1 Å². The van der Waals surface area contributed by atoms with E-state index in [1.54, 1.807) is 48.5 Å². The van der Waals surface area contributed by atoms with Gasteiger partial charge in [0.1, 0.15) is 12.2 Å². The summed E-state index contributed by atoms with van der Waals surface area (Å²) in [6.45, 7) is 0.0755. The summed E-state index contributed by atoms with van der Waals surface area (Å²) in [4.78, 5) is 38.2. The number of hydrogen-bond acceptors (Lipinski definition) is 5. The number of alkyl carbamates (subject to hydrolysis) is 1. The molecule has 1 heterocycles. The maximum Gasteiger partial charge on any atom is 0.408 e. The van der Waals surface area contributed by atoms with E-state index in [-0.39, 0.29) is 54.2 Å². The molecule has 210 valence electrons. The van der Waals surface area contributed by atoms with Gasteiger partial charge in [0.05, 0.1) is 27.7 Å². The van der Waals surface area contributed by atoms with E-state index in [9.17, 15) is 19.5 Å². The number of pyridine rings is 1. The first-order valence-electron chi connectivity index (χ1n) is 13.4. The number of hydrogen-bond donors (Lipinski definition) is 3. The summed E-state index contributed by atoms with van der Waals surface area (Å²) in [7, 11) is 0. The van der Waals surface area contributed by atoms with Gasteiger partial charge in [-0.05, 0) is 36.8 Å². The van der Waals surface area contributed by atoms with Gasteiger partial charge in [-0.1, -0.05) is 60.7 Å². The molecule has 3 aromatic carbocycles. The van der Waals surface area contributed by atoms with Crippen LogP contribution in [0, 0.1) is 11.6 Å². The smallest absolute Gasteiger partial charge is 0.408 e. The van der Waals surface area contributed by atoms with Crippen LogP contribution in [-0.4, -0.2) is 21.7 Å². The molecular weight excluding hydrogens is 532 g/mol. The van der Waals surface area contributed by atoms with Crippen LogP contribution >= 0.6 is 0 Å². The number of fused-ring (bicyclic) bond motifs is 1. The SMILES string of the molecule is O=C(NC1(c2c(F)c(NCc3ccccc3)c3c(=O)c(C(=O)O)cn(C4CC4)c3c2F)CC1)OCc1ccccc1. The van der Waals surface area contributed by atoms with E-state index >= 15 is 8.78 Å². The van der Waals surface area contributed by atoms with Crippen molar-refractivity contribution < 1.29 is 28.2 Å². The minimum atomic E-state index is -1.48. The average Bonchev–Trinajstić information content (AvgIpc) is 3.90. The maximum atomic E-state index is 16.5. The normalized spacial score (nSPS) is 15.4. The zero-order chi connectivity index (χ0) is 28.7. The predicted molar refractivity (Wildman–Crippen MR) is 148 cm³/mol. The van der Waals surface area contributed by atoms with Crippen LogP contribution in [0.5, 0.6) is 0 Å². The monoisotopic (exact) mass is 559 g/mol. The summed E-state index contributed by atoms with van der Waals surface area (Å²) in [5.41, 5.74) is -2.26. The van der Waals surface area contributed by atoms with Crippen LogP contribution in [0.3, 0.4) is 0 Å². The van der Waals surface area contributed by atoms with Crippen molar-refractivity contribution in [1.82, 2.24) is 9.88 Å². The molecule has 4 aromatic rings. The molecule has 1 amide bonds. The zero-order valence-electron chi connectivity index (χ0n) is 22.0. The van der Waals surface area contributed by atoms with Crippen molar-refractivity contribution in [1.29, 1.82) is 0 Å². The van der Waals surface area contributed by atoms with Crippen LogP contribution in [0.15, 0.2) is 71.7 Å². The Balaban J connectivity index is 1.46. The van der Waals surface area contributed by atoms with Crippen LogP contribution in [-0.2, 0) is 23.4 Å². The maximum absolute atomic E-state index is 16.5. The third-order valence-electron chi connectivity index (χ3n) is 7.62. The molecule has 10 heteroatoms. The number of halogens is 2. The van der Waals surface area contributed by atoms with Crippen LogP contribution < -0.4 is 16.1 Å². The van der Waals surface area contributed by atoms with Crippen molar-refractivity contribution in [2.45, 2.75) is 50.4 Å². The van der Waals surface area contributed by atoms with Gasteiger partial charge in [-0.25, -0.2) is 18.4 Å². The fourth-order valence-electron chi connectivity index (χ4n) is 5.22. The number of amides is 1. The highest BCUT2D eigenvalue weighted by atomic mass is 19.1. The number of aromatic nitrogens is 1. The lowest BCUT2D eigenvalue weighted by molar-refractivity contribution is 0.0694. The molecule has 0 radical (unpaired) electrons. The molecule has 0 atom stereocenters. The van der Waals surface area contributed by atoms with E-state index in [4.69, 9.17) is 4.74 Å². The number of benzene rings is 3. The van der Waals surface area contributed by atoms with Crippen LogP contribution in [0.25, 0.3) is 10.9 Å². The largest absolute Gasteiger partial charge is 0.477 e. The fourth-order valence-corrected chi connectivity index (χ4v) is 5.22. The molecule has 0 saturated heterocycles. The van der Waals surface area contributed by atoms with E-state index in [0.717, 1.165) is 17.3 Å². The van der Waals surface area contributed by atoms with Crippen molar-refractivity contribution in [2.75, 3.05) is 5.32 Å². The van der Waals surface area contributed by atoms with Crippen molar-refractivity contribution in [3.63, 3.8) is 0 Å². The van der Waals surface area contributed by atoms with Crippen molar-refractivity contribution in [3.8, 4) is 0 Å². The van der Waals surface area contributed by atoms with Crippen molar-refractivity contribution in [2.24, 2.45) is 0 Å². The first-order chi connectivity index (χ1) is 19.8. The Labute approximate surface area is 233 Å². The Bertz CT molecular complexity index is 1720. The Hall–Kier alpha value is -4.73. The van der Waals surface area contributed by atoms with Gasteiger partial charge in [0.25, 0.3) is 0 Å². The number of carbonyl (C=O) groups excluding carboxylic acids is 1. The number of carboxylic acid groups (broad SMARTS) is 1. The van der Waals surface area contributed by atoms with E-state index < -0.39 is 40.2 Å². The molecule has 0 aliphatic heterocycles. The van der Waals surface area contributed by atoms with Gasteiger partial charge in [0, 0.05) is 18.8 Å². The molecule has 0 bridgehead atoms. The molecule has 2 aliphatic carbocycles. The van der Waals surface area contributed by atoms with Crippen molar-refractivity contribution in [3.05, 3.63) is 111 Å². The summed E-state index contributed by atoms with van der Waals surface area (Å²) in [6, 6.07) is 17.8. The topological polar surface area (TPSA) is 110 Å². The predicted octanol–water partition coefficient (Wildman–Crippen LogP) is 5.84. The Morgan fingerprint density at radius 3 is 2.20 bits per heavy atom. The number of carbonyl (C=O) groups is 2. The van der Waals surface area contributed by atoms with Gasteiger partial charge < -0.3 is 25.0 Å². The highest BCUT2D eigenvalue weighted by molar-refractivity contribution is 5.99. The quantitative estimate of drug-likeness (QED) is 0.238. The molecule has 2 saturated carbocycles. The Morgan fingerprint density at radius 1 is 0.976 bits per heavy atom. The summed E-state index contributed by atoms with van der Waals surface area (Å²) < 4.78 is 39.7. The highest BCUT2D eigenvalue weighted by Gasteiger charge is 2.51. The van der Waals surface area contributed by atoms with E-state index in [2.05, 4.69) is 10.6 Å². The van der Waals surface area contributed by atoms with Crippen LogP contribution in [0.1, 0.15) is 58.8 Å². The lowest BCUT2D eigenvalue weighted by Crippen LogP contribution is -2.37. The van der Waals surface area contributed by atoms with Crippen LogP contribution in [0.2, 0.25) is 0 Å². The molecule has 0 spiro atoms. The summed E-state index contributed by atoms with van der Waals surface area (Å²) in [6.07, 6.45) is 2.13. The third-order valence-corrected chi connectivity index (χ3v) is 7.62. The van der Waals surface area contributed by atoms with Gasteiger partial charge in [0.2, 0.25) is 5.43 Å². The second kappa shape index (κ2) is 10.3. The standard InChI is InChI=1S/C31H27F2N3O5/c32-24-23(31(13-14-31)35-30(40)41-17-19-9-5-2-6-10-19)25(33)27-22(26(24)34-15-18-7-3-1-4-8-18)28(37)21(29(38)39)16-36(27)20-11-12-20/h1-10,16,20,34H,11-15,17H2,(H,35,40)(H,38,39). The molecule has 1 aromatic heterocycles. The Kier molecular flexibility index (Phi) is 6.69.